The molecule has 1 aliphatic rings. The lowest BCUT2D eigenvalue weighted by atomic mass is 9.86. The van der Waals surface area contributed by atoms with Crippen molar-refractivity contribution in [2.24, 2.45) is 16.8 Å². The molecule has 21 heavy (non-hydrogen) atoms. The highest BCUT2D eigenvalue weighted by atomic mass is 16.4. The normalized spacial score (nSPS) is 22.9. The van der Waals surface area contributed by atoms with Crippen LogP contribution in [0.4, 0.5) is 0 Å². The lowest BCUT2D eigenvalue weighted by Gasteiger charge is -2.33. The lowest BCUT2D eigenvalue weighted by Crippen LogP contribution is -2.39. The molecule has 5 heteroatoms. The molecule has 1 aromatic rings. The summed E-state index contributed by atoms with van der Waals surface area (Å²) in [6.45, 7) is 2.26. The summed E-state index contributed by atoms with van der Waals surface area (Å²) in [7, 11) is 1.86. The average Bonchev–Trinajstić information content (AvgIpc) is 2.53. The lowest BCUT2D eigenvalue weighted by molar-refractivity contribution is 0.0679. The molecule has 2 rings (SSSR count). The molecule has 0 saturated heterocycles. The molecule has 0 radical (unpaired) electrons. The minimum atomic E-state index is -0.0119. The molecule has 0 atom stereocenters. The molecule has 5 nitrogen and oxygen atoms in total. The predicted octanol–water partition coefficient (Wildman–Crippen LogP) is 2.43. The topological polar surface area (TPSA) is 78.9 Å². The monoisotopic (exact) mass is 289 g/mol. The highest BCUT2D eigenvalue weighted by Crippen LogP contribution is 2.27. The fourth-order valence-electron chi connectivity index (χ4n) is 2.87. The van der Waals surface area contributed by atoms with Gasteiger partial charge in [0.25, 0.3) is 5.91 Å². The van der Waals surface area contributed by atoms with E-state index in [2.05, 4.69) is 12.1 Å². The fourth-order valence-corrected chi connectivity index (χ4v) is 2.87. The number of nitrogens with zero attached hydrogens (tertiary/aromatic N) is 2. The van der Waals surface area contributed by atoms with Gasteiger partial charge in [-0.15, -0.1) is 0 Å². The summed E-state index contributed by atoms with van der Waals surface area (Å²) < 4.78 is 0. The summed E-state index contributed by atoms with van der Waals surface area (Å²) in [6, 6.07) is 7.20. The zero-order valence-corrected chi connectivity index (χ0v) is 12.6. The number of oxime groups is 1. The van der Waals surface area contributed by atoms with Crippen molar-refractivity contribution in [1.82, 2.24) is 4.90 Å². The molecule has 1 amide bonds. The third kappa shape index (κ3) is 3.54. The largest absolute Gasteiger partial charge is 0.409 e. The fraction of sp³-hybridized carbons (Fsp3) is 0.500. The molecular formula is C16H23N3O2. The second-order valence-corrected chi connectivity index (χ2v) is 5.90. The van der Waals surface area contributed by atoms with Crippen LogP contribution in [0, 0.1) is 5.92 Å². The standard InChI is InChI=1S/C16H23N3O2/c1-11-6-8-14(9-7-11)19(2)16(20)13-5-3-4-12(10-13)15(17)18-21/h3-5,10-11,14,21H,6-9H2,1-2H3,(H2,17,18). The van der Waals surface area contributed by atoms with Crippen LogP contribution < -0.4 is 5.73 Å². The number of amidine groups is 1. The van der Waals surface area contributed by atoms with E-state index in [0.717, 1.165) is 18.8 Å². The Hall–Kier alpha value is -2.04. The summed E-state index contributed by atoms with van der Waals surface area (Å²) in [5, 5.41) is 11.7. The number of hydrogen-bond acceptors (Lipinski definition) is 3. The molecule has 114 valence electrons. The summed E-state index contributed by atoms with van der Waals surface area (Å²) in [4.78, 5) is 14.4. The first-order valence-corrected chi connectivity index (χ1v) is 7.38. The van der Waals surface area contributed by atoms with Crippen molar-refractivity contribution in [3.63, 3.8) is 0 Å². The molecule has 1 saturated carbocycles. The van der Waals surface area contributed by atoms with Gasteiger partial charge in [0.1, 0.15) is 0 Å². The Bertz CT molecular complexity index is 534. The van der Waals surface area contributed by atoms with Gasteiger partial charge in [0, 0.05) is 24.2 Å². The molecule has 0 heterocycles. The number of nitrogens with two attached hydrogens (primary N) is 1. The molecule has 0 aliphatic heterocycles. The molecule has 0 spiro atoms. The van der Waals surface area contributed by atoms with E-state index in [9.17, 15) is 4.79 Å². The molecule has 0 unspecified atom stereocenters. The minimum absolute atomic E-state index is 0.0119. The van der Waals surface area contributed by atoms with Crippen LogP contribution >= 0.6 is 0 Å². The van der Waals surface area contributed by atoms with E-state index in [1.54, 1.807) is 24.3 Å². The Kier molecular flexibility index (Phi) is 4.83. The van der Waals surface area contributed by atoms with Gasteiger partial charge in [0.15, 0.2) is 5.84 Å². The predicted molar refractivity (Wildman–Crippen MR) is 82.5 cm³/mol. The third-order valence-corrected chi connectivity index (χ3v) is 4.37. The van der Waals surface area contributed by atoms with Crippen molar-refractivity contribution in [3.8, 4) is 0 Å². The first-order chi connectivity index (χ1) is 10.0. The van der Waals surface area contributed by atoms with Gasteiger partial charge in [-0.2, -0.15) is 0 Å². The van der Waals surface area contributed by atoms with Crippen molar-refractivity contribution >= 4 is 11.7 Å². The molecule has 1 aromatic carbocycles. The van der Waals surface area contributed by atoms with Gasteiger partial charge in [0.2, 0.25) is 0 Å². The Labute approximate surface area is 125 Å². The van der Waals surface area contributed by atoms with Gasteiger partial charge in [-0.05, 0) is 43.7 Å². The van der Waals surface area contributed by atoms with E-state index >= 15 is 0 Å². The number of carbonyl (C=O) groups is 1. The van der Waals surface area contributed by atoms with Crippen LogP contribution in [-0.2, 0) is 0 Å². The van der Waals surface area contributed by atoms with Crippen molar-refractivity contribution in [2.45, 2.75) is 38.6 Å². The van der Waals surface area contributed by atoms with E-state index in [1.165, 1.54) is 12.8 Å². The molecule has 0 aromatic heterocycles. The number of amides is 1. The summed E-state index contributed by atoms with van der Waals surface area (Å²) in [5.74, 6) is 0.759. The van der Waals surface area contributed by atoms with E-state index in [0.29, 0.717) is 17.2 Å². The number of carbonyl (C=O) groups excluding carboxylic acids is 1. The highest BCUT2D eigenvalue weighted by Gasteiger charge is 2.25. The molecule has 0 bridgehead atoms. The van der Waals surface area contributed by atoms with Gasteiger partial charge in [0.05, 0.1) is 0 Å². The summed E-state index contributed by atoms with van der Waals surface area (Å²) in [5.41, 5.74) is 6.69. The van der Waals surface area contributed by atoms with Gasteiger partial charge < -0.3 is 15.8 Å². The minimum Gasteiger partial charge on any atom is -0.409 e. The smallest absolute Gasteiger partial charge is 0.253 e. The van der Waals surface area contributed by atoms with Crippen LogP contribution in [0.3, 0.4) is 0 Å². The van der Waals surface area contributed by atoms with Crippen molar-refractivity contribution in [3.05, 3.63) is 35.4 Å². The van der Waals surface area contributed by atoms with Crippen LogP contribution in [0.5, 0.6) is 0 Å². The van der Waals surface area contributed by atoms with E-state index in [-0.39, 0.29) is 11.7 Å². The molecule has 3 N–H and O–H groups in total. The number of rotatable bonds is 3. The third-order valence-electron chi connectivity index (χ3n) is 4.37. The number of hydrogen-bond donors (Lipinski definition) is 2. The van der Waals surface area contributed by atoms with Crippen LogP contribution in [-0.4, -0.2) is 34.9 Å². The molecule has 1 fully saturated rings. The first-order valence-electron chi connectivity index (χ1n) is 7.38. The van der Waals surface area contributed by atoms with Gasteiger partial charge >= 0.3 is 0 Å². The van der Waals surface area contributed by atoms with Gasteiger partial charge in [-0.25, -0.2) is 0 Å². The number of benzene rings is 1. The first kappa shape index (κ1) is 15.4. The Morgan fingerprint density at radius 2 is 1.90 bits per heavy atom. The zero-order valence-electron chi connectivity index (χ0n) is 12.6. The van der Waals surface area contributed by atoms with E-state index < -0.39 is 0 Å². The van der Waals surface area contributed by atoms with Crippen LogP contribution in [0.25, 0.3) is 0 Å². The zero-order chi connectivity index (χ0) is 15.4. The van der Waals surface area contributed by atoms with Crippen molar-refractivity contribution < 1.29 is 10.0 Å². The van der Waals surface area contributed by atoms with Crippen LogP contribution in [0.2, 0.25) is 0 Å². The highest BCUT2D eigenvalue weighted by molar-refractivity contribution is 6.01. The van der Waals surface area contributed by atoms with Crippen LogP contribution in [0.15, 0.2) is 29.4 Å². The van der Waals surface area contributed by atoms with Crippen molar-refractivity contribution in [1.29, 1.82) is 0 Å². The van der Waals surface area contributed by atoms with E-state index in [1.807, 2.05) is 11.9 Å². The Morgan fingerprint density at radius 1 is 1.29 bits per heavy atom. The maximum Gasteiger partial charge on any atom is 0.253 e. The van der Waals surface area contributed by atoms with Gasteiger partial charge in [-0.3, -0.25) is 4.79 Å². The molecular weight excluding hydrogens is 266 g/mol. The Morgan fingerprint density at radius 3 is 2.52 bits per heavy atom. The maximum absolute atomic E-state index is 12.6. The quantitative estimate of drug-likeness (QED) is 0.388. The molecule has 1 aliphatic carbocycles. The van der Waals surface area contributed by atoms with Crippen LogP contribution in [0.1, 0.15) is 48.5 Å². The van der Waals surface area contributed by atoms with E-state index in [4.69, 9.17) is 10.9 Å². The summed E-state index contributed by atoms with van der Waals surface area (Å²) in [6.07, 6.45) is 4.46. The second-order valence-electron chi connectivity index (χ2n) is 5.90. The second kappa shape index (κ2) is 6.61. The van der Waals surface area contributed by atoms with Crippen molar-refractivity contribution in [2.75, 3.05) is 7.05 Å². The maximum atomic E-state index is 12.6. The summed E-state index contributed by atoms with van der Waals surface area (Å²) >= 11 is 0. The van der Waals surface area contributed by atoms with Gasteiger partial charge in [-0.1, -0.05) is 24.2 Å². The average molecular weight is 289 g/mol. The Balaban J connectivity index is 2.12. The SMILES string of the molecule is CC1CCC(N(C)C(=O)c2cccc(C(N)=NO)c2)CC1.